The number of benzene rings is 1. The number of quaternary nitrogens is 1. The number of nitrogens with zero attached hydrogens (tertiary/aromatic N) is 1. The zero-order valence-electron chi connectivity index (χ0n) is 14.4. The molecule has 7 nitrogen and oxygen atoms in total. The average molecular weight is 339 g/mol. The van der Waals surface area contributed by atoms with Gasteiger partial charge in [0.15, 0.2) is 0 Å². The maximum atomic E-state index is 11.6. The third kappa shape index (κ3) is 5.58. The minimum Gasteiger partial charge on any atom is -0.497 e. The first-order valence-electron chi connectivity index (χ1n) is 8.32. The highest BCUT2D eigenvalue weighted by Gasteiger charge is 2.26. The van der Waals surface area contributed by atoms with Crippen LogP contribution in [-0.2, 0) is 4.74 Å². The Labute approximate surface area is 142 Å². The molecule has 1 saturated heterocycles. The molecular formula is C17H27N2O5+. The number of carbonyl (C=O) groups excluding carboxylic acids is 1. The first kappa shape index (κ1) is 18.4. The van der Waals surface area contributed by atoms with Crippen LogP contribution in [0.4, 0.5) is 4.79 Å². The van der Waals surface area contributed by atoms with E-state index in [9.17, 15) is 9.90 Å². The van der Waals surface area contributed by atoms with Gasteiger partial charge < -0.3 is 24.2 Å². The van der Waals surface area contributed by atoms with Crippen LogP contribution in [0.25, 0.3) is 0 Å². The van der Waals surface area contributed by atoms with E-state index in [0.717, 1.165) is 18.8 Å². The first-order valence-corrected chi connectivity index (χ1v) is 8.32. The standard InChI is InChI=1S/C17H26N2O5/c1-3-23-17(21)19-10-8-18(9-11-19)12-14(20)13-24-16-6-4-15(22-2)5-7-16/h4-7,14,20H,3,8-13H2,1-2H3/p+1/t14-/m1/s1. The van der Waals surface area contributed by atoms with Gasteiger partial charge in [0.25, 0.3) is 0 Å². The Hall–Kier alpha value is -1.99. The van der Waals surface area contributed by atoms with Crippen molar-refractivity contribution in [3.63, 3.8) is 0 Å². The largest absolute Gasteiger partial charge is 0.497 e. The number of amides is 1. The van der Waals surface area contributed by atoms with Crippen molar-refractivity contribution in [2.24, 2.45) is 0 Å². The molecule has 7 heteroatoms. The molecule has 0 saturated carbocycles. The minimum atomic E-state index is -0.545. The monoisotopic (exact) mass is 339 g/mol. The van der Waals surface area contributed by atoms with Crippen LogP contribution in [0.5, 0.6) is 11.5 Å². The third-order valence-corrected chi connectivity index (χ3v) is 4.02. The van der Waals surface area contributed by atoms with E-state index in [1.165, 1.54) is 4.90 Å². The number of hydrogen-bond acceptors (Lipinski definition) is 5. The van der Waals surface area contributed by atoms with Crippen molar-refractivity contribution in [2.75, 3.05) is 53.0 Å². The molecule has 0 radical (unpaired) electrons. The lowest BCUT2D eigenvalue weighted by molar-refractivity contribution is -0.907. The van der Waals surface area contributed by atoms with Gasteiger partial charge in [0.2, 0.25) is 0 Å². The van der Waals surface area contributed by atoms with Crippen LogP contribution in [0.2, 0.25) is 0 Å². The maximum Gasteiger partial charge on any atom is 0.410 e. The molecule has 24 heavy (non-hydrogen) atoms. The predicted octanol–water partition coefficient (Wildman–Crippen LogP) is -0.208. The second kappa shape index (κ2) is 9.34. The van der Waals surface area contributed by atoms with Crippen molar-refractivity contribution >= 4 is 6.09 Å². The van der Waals surface area contributed by atoms with Crippen molar-refractivity contribution in [1.82, 2.24) is 4.90 Å². The van der Waals surface area contributed by atoms with Gasteiger partial charge in [-0.15, -0.1) is 0 Å². The molecule has 134 valence electrons. The number of rotatable bonds is 7. The topological polar surface area (TPSA) is 72.7 Å². The molecule has 0 aliphatic carbocycles. The van der Waals surface area contributed by atoms with Gasteiger partial charge in [0, 0.05) is 0 Å². The molecule has 1 aliphatic rings. The highest BCUT2D eigenvalue weighted by molar-refractivity contribution is 5.67. The van der Waals surface area contributed by atoms with Crippen molar-refractivity contribution < 1.29 is 29.0 Å². The van der Waals surface area contributed by atoms with Crippen LogP contribution in [-0.4, -0.2) is 75.3 Å². The van der Waals surface area contributed by atoms with E-state index in [1.807, 2.05) is 24.3 Å². The number of carbonyl (C=O) groups is 1. The van der Waals surface area contributed by atoms with E-state index in [-0.39, 0.29) is 12.7 Å². The van der Waals surface area contributed by atoms with Crippen molar-refractivity contribution in [3.8, 4) is 11.5 Å². The molecule has 2 rings (SSSR count). The van der Waals surface area contributed by atoms with Gasteiger partial charge in [0.05, 0.1) is 39.9 Å². The number of methoxy groups -OCH3 is 1. The number of nitrogens with one attached hydrogen (secondary N) is 1. The molecule has 1 heterocycles. The Kier molecular flexibility index (Phi) is 7.14. The lowest BCUT2D eigenvalue weighted by Gasteiger charge is -2.32. The number of hydrogen-bond donors (Lipinski definition) is 2. The van der Waals surface area contributed by atoms with E-state index in [2.05, 4.69) is 0 Å². The predicted molar refractivity (Wildman–Crippen MR) is 88.7 cm³/mol. The van der Waals surface area contributed by atoms with Crippen LogP contribution < -0.4 is 14.4 Å². The lowest BCUT2D eigenvalue weighted by atomic mass is 10.2. The molecule has 1 aliphatic heterocycles. The number of aliphatic hydroxyl groups excluding tert-OH is 1. The molecular weight excluding hydrogens is 312 g/mol. The molecule has 1 aromatic carbocycles. The van der Waals surface area contributed by atoms with Gasteiger partial charge in [0.1, 0.15) is 30.8 Å². The SMILES string of the molecule is CCOC(=O)N1CC[NH+](C[C@@H](O)COc2ccc(OC)cc2)CC1. The Morgan fingerprint density at radius 3 is 2.46 bits per heavy atom. The second-order valence-electron chi connectivity index (χ2n) is 5.78. The zero-order chi connectivity index (χ0) is 17.4. The number of piperazine rings is 1. The smallest absolute Gasteiger partial charge is 0.410 e. The normalized spacial score (nSPS) is 16.5. The van der Waals surface area contributed by atoms with Crippen molar-refractivity contribution in [3.05, 3.63) is 24.3 Å². The third-order valence-electron chi connectivity index (χ3n) is 4.02. The Morgan fingerprint density at radius 2 is 1.88 bits per heavy atom. The van der Waals surface area contributed by atoms with E-state index in [4.69, 9.17) is 14.2 Å². The first-order chi connectivity index (χ1) is 11.6. The summed E-state index contributed by atoms with van der Waals surface area (Å²) in [5.41, 5.74) is 0. The van der Waals surface area contributed by atoms with Gasteiger partial charge in [-0.2, -0.15) is 0 Å². The van der Waals surface area contributed by atoms with Crippen LogP contribution in [0.3, 0.4) is 0 Å². The summed E-state index contributed by atoms with van der Waals surface area (Å²) in [7, 11) is 1.62. The molecule has 0 spiro atoms. The molecule has 1 aromatic rings. The van der Waals surface area contributed by atoms with Gasteiger partial charge in [-0.05, 0) is 31.2 Å². The molecule has 2 N–H and O–H groups in total. The molecule has 0 bridgehead atoms. The molecule has 1 atom stereocenters. The highest BCUT2D eigenvalue weighted by Crippen LogP contribution is 2.16. The zero-order valence-corrected chi connectivity index (χ0v) is 14.4. The highest BCUT2D eigenvalue weighted by atomic mass is 16.6. The van der Waals surface area contributed by atoms with Crippen LogP contribution in [0.1, 0.15) is 6.92 Å². The summed E-state index contributed by atoms with van der Waals surface area (Å²) in [6, 6.07) is 7.27. The summed E-state index contributed by atoms with van der Waals surface area (Å²) >= 11 is 0. The van der Waals surface area contributed by atoms with Gasteiger partial charge in [-0.25, -0.2) is 4.79 Å². The molecule has 1 amide bonds. The Bertz CT molecular complexity index is 500. The van der Waals surface area contributed by atoms with Gasteiger partial charge in [-0.3, -0.25) is 4.90 Å². The fraction of sp³-hybridized carbons (Fsp3) is 0.588. The number of ether oxygens (including phenoxy) is 3. The minimum absolute atomic E-state index is 0.247. The van der Waals surface area contributed by atoms with Crippen LogP contribution in [0, 0.1) is 0 Å². The van der Waals surface area contributed by atoms with Gasteiger partial charge >= 0.3 is 6.09 Å². The van der Waals surface area contributed by atoms with E-state index < -0.39 is 6.10 Å². The fourth-order valence-corrected chi connectivity index (χ4v) is 2.68. The molecule has 0 aromatic heterocycles. The summed E-state index contributed by atoms with van der Waals surface area (Å²) in [4.78, 5) is 14.6. The summed E-state index contributed by atoms with van der Waals surface area (Å²) in [6.07, 6.45) is -0.795. The van der Waals surface area contributed by atoms with Crippen molar-refractivity contribution in [1.29, 1.82) is 0 Å². The fourth-order valence-electron chi connectivity index (χ4n) is 2.68. The van der Waals surface area contributed by atoms with E-state index in [1.54, 1.807) is 18.9 Å². The van der Waals surface area contributed by atoms with Crippen LogP contribution in [0.15, 0.2) is 24.3 Å². The lowest BCUT2D eigenvalue weighted by Crippen LogP contribution is -3.16. The Morgan fingerprint density at radius 1 is 1.25 bits per heavy atom. The average Bonchev–Trinajstić information content (AvgIpc) is 2.61. The van der Waals surface area contributed by atoms with E-state index in [0.29, 0.717) is 32.0 Å². The maximum absolute atomic E-state index is 11.6. The van der Waals surface area contributed by atoms with Crippen LogP contribution >= 0.6 is 0 Å². The summed E-state index contributed by atoms with van der Waals surface area (Å²) < 4.78 is 15.7. The molecule has 1 fully saturated rings. The van der Waals surface area contributed by atoms with Crippen molar-refractivity contribution in [2.45, 2.75) is 13.0 Å². The number of aliphatic hydroxyl groups is 1. The summed E-state index contributed by atoms with van der Waals surface area (Å²) in [5, 5.41) is 10.1. The Balaban J connectivity index is 1.67. The van der Waals surface area contributed by atoms with Gasteiger partial charge in [-0.1, -0.05) is 0 Å². The summed E-state index contributed by atoms with van der Waals surface area (Å²) in [5.74, 6) is 1.48. The summed E-state index contributed by atoms with van der Waals surface area (Å²) in [6.45, 7) is 5.97. The quantitative estimate of drug-likeness (QED) is 0.719. The molecule has 0 unspecified atom stereocenters. The van der Waals surface area contributed by atoms with E-state index >= 15 is 0 Å². The second-order valence-corrected chi connectivity index (χ2v) is 5.78.